The Hall–Kier alpha value is -0.610. The maximum absolute atomic E-state index is 11.0. The van der Waals surface area contributed by atoms with E-state index < -0.39 is 5.97 Å². The van der Waals surface area contributed by atoms with Crippen LogP contribution in [0.4, 0.5) is 0 Å². The highest BCUT2D eigenvalue weighted by atomic mass is 35.5. The molecule has 0 atom stereocenters. The van der Waals surface area contributed by atoms with E-state index in [-0.39, 0.29) is 0 Å². The van der Waals surface area contributed by atoms with Gasteiger partial charge in [0.25, 0.3) is 0 Å². The van der Waals surface area contributed by atoms with Crippen molar-refractivity contribution in [3.05, 3.63) is 15.6 Å². The molecule has 1 aromatic rings. The van der Waals surface area contributed by atoms with Crippen molar-refractivity contribution >= 4 is 28.9 Å². The predicted molar refractivity (Wildman–Crippen MR) is 47.7 cm³/mol. The van der Waals surface area contributed by atoms with Gasteiger partial charge in [-0.05, 0) is 6.92 Å². The Kier molecular flexibility index (Phi) is 3.05. The molecule has 0 radical (unpaired) electrons. The van der Waals surface area contributed by atoms with E-state index >= 15 is 0 Å². The zero-order chi connectivity index (χ0) is 9.14. The monoisotopic (exact) mass is 205 g/mol. The Morgan fingerprint density at radius 1 is 1.75 bits per heavy atom. The summed E-state index contributed by atoms with van der Waals surface area (Å²) in [4.78, 5) is 15.9. The van der Waals surface area contributed by atoms with Crippen molar-refractivity contribution in [2.75, 3.05) is 7.11 Å². The number of nitrogens with zero attached hydrogens (tertiary/aromatic N) is 1. The molecule has 3 nitrogen and oxygen atoms in total. The van der Waals surface area contributed by atoms with Gasteiger partial charge >= 0.3 is 5.97 Å². The second-order valence-corrected chi connectivity index (χ2v) is 3.69. The van der Waals surface area contributed by atoms with Crippen LogP contribution >= 0.6 is 22.9 Å². The number of ether oxygens (including phenoxy) is 1. The van der Waals surface area contributed by atoms with Gasteiger partial charge in [-0.15, -0.1) is 22.9 Å². The molecular formula is C7H8ClNO2S. The molecule has 0 aliphatic rings. The lowest BCUT2D eigenvalue weighted by atomic mass is 10.4. The molecule has 0 unspecified atom stereocenters. The van der Waals surface area contributed by atoms with E-state index in [9.17, 15) is 4.79 Å². The van der Waals surface area contributed by atoms with Crippen LogP contribution in [-0.4, -0.2) is 18.1 Å². The Labute approximate surface area is 79.3 Å². The van der Waals surface area contributed by atoms with Gasteiger partial charge in [0.2, 0.25) is 0 Å². The highest BCUT2D eigenvalue weighted by Crippen LogP contribution is 2.19. The summed E-state index contributed by atoms with van der Waals surface area (Å²) in [6, 6.07) is 0. The molecule has 0 aromatic carbocycles. The van der Waals surface area contributed by atoms with Crippen molar-refractivity contribution in [3.8, 4) is 0 Å². The van der Waals surface area contributed by atoms with Gasteiger partial charge in [0.1, 0.15) is 5.01 Å². The van der Waals surface area contributed by atoms with E-state index in [1.807, 2.05) is 6.92 Å². The summed E-state index contributed by atoms with van der Waals surface area (Å²) in [6.07, 6.45) is 0. The van der Waals surface area contributed by atoms with Crippen LogP contribution in [0.3, 0.4) is 0 Å². The first-order valence-electron chi connectivity index (χ1n) is 3.29. The van der Waals surface area contributed by atoms with E-state index in [0.29, 0.717) is 11.6 Å². The first-order chi connectivity index (χ1) is 5.69. The van der Waals surface area contributed by atoms with E-state index in [2.05, 4.69) is 9.72 Å². The van der Waals surface area contributed by atoms with Crippen LogP contribution < -0.4 is 0 Å². The molecule has 1 heterocycles. The van der Waals surface area contributed by atoms with E-state index in [1.54, 1.807) is 0 Å². The molecule has 1 rings (SSSR count). The lowest BCUT2D eigenvalue weighted by Crippen LogP contribution is -2.03. The number of hydrogen-bond donors (Lipinski definition) is 0. The quantitative estimate of drug-likeness (QED) is 0.548. The number of thiazole rings is 1. The highest BCUT2D eigenvalue weighted by Gasteiger charge is 2.14. The van der Waals surface area contributed by atoms with Crippen molar-refractivity contribution in [2.45, 2.75) is 12.8 Å². The van der Waals surface area contributed by atoms with Gasteiger partial charge in [-0.1, -0.05) is 0 Å². The topological polar surface area (TPSA) is 39.2 Å². The molecule has 0 fully saturated rings. The van der Waals surface area contributed by atoms with E-state index in [1.165, 1.54) is 18.4 Å². The summed E-state index contributed by atoms with van der Waals surface area (Å²) in [7, 11) is 1.33. The van der Waals surface area contributed by atoms with Crippen molar-refractivity contribution in [1.82, 2.24) is 4.98 Å². The standard InChI is InChI=1S/C7H8ClNO2S/c1-4-6(7(10)11-2)9-5(3-8)12-4/h3H2,1-2H3. The van der Waals surface area contributed by atoms with Crippen LogP contribution in [0.1, 0.15) is 20.4 Å². The van der Waals surface area contributed by atoms with E-state index in [4.69, 9.17) is 11.6 Å². The molecule has 1 aromatic heterocycles. The molecule has 0 aliphatic carbocycles. The highest BCUT2D eigenvalue weighted by molar-refractivity contribution is 7.12. The largest absolute Gasteiger partial charge is 0.464 e. The average molecular weight is 206 g/mol. The summed E-state index contributed by atoms with van der Waals surface area (Å²) in [5.41, 5.74) is 0.373. The van der Waals surface area contributed by atoms with Crippen LogP contribution in [0.15, 0.2) is 0 Å². The van der Waals surface area contributed by atoms with Gasteiger partial charge in [-0.3, -0.25) is 0 Å². The second kappa shape index (κ2) is 3.87. The van der Waals surface area contributed by atoms with Gasteiger partial charge in [-0.25, -0.2) is 9.78 Å². The van der Waals surface area contributed by atoms with Gasteiger partial charge in [0.15, 0.2) is 5.69 Å². The third kappa shape index (κ3) is 1.76. The number of carbonyl (C=O) groups is 1. The fourth-order valence-corrected chi connectivity index (χ4v) is 1.79. The molecule has 5 heteroatoms. The smallest absolute Gasteiger partial charge is 0.357 e. The molecule has 0 saturated heterocycles. The maximum atomic E-state index is 11.0. The number of alkyl halides is 1. The summed E-state index contributed by atoms with van der Waals surface area (Å²) in [5.74, 6) is -0.0669. The molecule has 0 saturated carbocycles. The second-order valence-electron chi connectivity index (χ2n) is 2.14. The van der Waals surface area contributed by atoms with Crippen molar-refractivity contribution in [2.24, 2.45) is 0 Å². The third-order valence-corrected chi connectivity index (χ3v) is 2.72. The minimum atomic E-state index is -0.403. The number of carbonyl (C=O) groups excluding carboxylic acids is 1. The predicted octanol–water partition coefficient (Wildman–Crippen LogP) is 1.98. The number of hydrogen-bond acceptors (Lipinski definition) is 4. The van der Waals surface area contributed by atoms with Crippen LogP contribution in [0.25, 0.3) is 0 Å². The first-order valence-corrected chi connectivity index (χ1v) is 4.64. The molecule has 12 heavy (non-hydrogen) atoms. The van der Waals surface area contributed by atoms with Crippen LogP contribution in [0.5, 0.6) is 0 Å². The average Bonchev–Trinajstić information content (AvgIpc) is 2.45. The first kappa shape index (κ1) is 9.48. The summed E-state index contributed by atoms with van der Waals surface area (Å²) >= 11 is 6.97. The molecule has 66 valence electrons. The molecule has 0 amide bonds. The van der Waals surface area contributed by atoms with Gasteiger partial charge in [0.05, 0.1) is 13.0 Å². The fraction of sp³-hybridized carbons (Fsp3) is 0.429. The summed E-state index contributed by atoms with van der Waals surface area (Å²) < 4.78 is 4.54. The van der Waals surface area contributed by atoms with Crippen molar-refractivity contribution < 1.29 is 9.53 Å². The number of halogens is 1. The molecule has 0 bridgehead atoms. The molecular weight excluding hydrogens is 198 g/mol. The van der Waals surface area contributed by atoms with Crippen molar-refractivity contribution in [1.29, 1.82) is 0 Å². The number of aromatic nitrogens is 1. The number of esters is 1. The van der Waals surface area contributed by atoms with Gasteiger partial charge in [-0.2, -0.15) is 0 Å². The molecule has 0 aliphatic heterocycles. The van der Waals surface area contributed by atoms with Crippen LogP contribution in [-0.2, 0) is 10.6 Å². The third-order valence-electron chi connectivity index (χ3n) is 1.33. The Bertz CT molecular complexity index is 298. The normalized spacial score (nSPS) is 9.92. The maximum Gasteiger partial charge on any atom is 0.357 e. The summed E-state index contributed by atoms with van der Waals surface area (Å²) in [6.45, 7) is 1.82. The summed E-state index contributed by atoms with van der Waals surface area (Å²) in [5, 5.41) is 0.745. The minimum Gasteiger partial charge on any atom is -0.464 e. The Balaban J connectivity index is 2.99. The van der Waals surface area contributed by atoms with Gasteiger partial charge < -0.3 is 4.74 Å². The zero-order valence-corrected chi connectivity index (χ0v) is 8.33. The SMILES string of the molecule is COC(=O)c1nc(CCl)sc1C. The minimum absolute atomic E-state index is 0.336. The van der Waals surface area contributed by atoms with Crippen molar-refractivity contribution in [3.63, 3.8) is 0 Å². The lowest BCUT2D eigenvalue weighted by Gasteiger charge is -1.93. The van der Waals surface area contributed by atoms with Crippen LogP contribution in [0.2, 0.25) is 0 Å². The molecule has 0 spiro atoms. The lowest BCUT2D eigenvalue weighted by molar-refractivity contribution is 0.0594. The Morgan fingerprint density at radius 2 is 2.42 bits per heavy atom. The number of methoxy groups -OCH3 is 1. The fourth-order valence-electron chi connectivity index (χ4n) is 0.795. The van der Waals surface area contributed by atoms with Gasteiger partial charge in [0, 0.05) is 4.88 Å². The number of aryl methyl sites for hydroxylation is 1. The number of rotatable bonds is 2. The van der Waals surface area contributed by atoms with Crippen LogP contribution in [0, 0.1) is 6.92 Å². The zero-order valence-electron chi connectivity index (χ0n) is 6.76. The molecule has 0 N–H and O–H groups in total. The Morgan fingerprint density at radius 3 is 2.83 bits per heavy atom. The van der Waals surface area contributed by atoms with E-state index in [0.717, 1.165) is 9.88 Å².